The summed E-state index contributed by atoms with van der Waals surface area (Å²) in [6.45, 7) is 7.47. The first-order chi connectivity index (χ1) is 7.03. The number of rotatable bonds is 4. The average molecular weight is 272 g/mol. The van der Waals surface area contributed by atoms with Crippen LogP contribution in [0.15, 0.2) is 23.3 Å². The Morgan fingerprint density at radius 2 is 2.53 bits per heavy atom. The minimum Gasteiger partial charge on any atom is -0.309 e. The molecular formula is C10H14BrN3O. The van der Waals surface area contributed by atoms with Crippen molar-refractivity contribution < 1.29 is 4.79 Å². The van der Waals surface area contributed by atoms with Gasteiger partial charge in [0.25, 0.3) is 0 Å². The van der Waals surface area contributed by atoms with Crippen LogP contribution in [0.1, 0.15) is 20.3 Å². The topological polar surface area (TPSA) is 57.8 Å². The summed E-state index contributed by atoms with van der Waals surface area (Å²) in [7, 11) is 0. The molecule has 0 aliphatic carbocycles. The molecule has 1 aromatic rings. The lowest BCUT2D eigenvalue weighted by Crippen LogP contribution is -2.31. The van der Waals surface area contributed by atoms with Crippen molar-refractivity contribution in [1.29, 1.82) is 0 Å². The lowest BCUT2D eigenvalue weighted by atomic mass is 9.87. The van der Waals surface area contributed by atoms with Crippen LogP contribution in [-0.4, -0.2) is 16.1 Å². The third kappa shape index (κ3) is 2.47. The molecule has 0 fully saturated rings. The molecule has 1 heterocycles. The number of anilines is 1. The van der Waals surface area contributed by atoms with Crippen molar-refractivity contribution in [1.82, 2.24) is 10.2 Å². The molecule has 0 saturated heterocycles. The second kappa shape index (κ2) is 4.61. The molecule has 1 unspecified atom stereocenters. The van der Waals surface area contributed by atoms with Crippen LogP contribution in [0.25, 0.3) is 0 Å². The smallest absolute Gasteiger partial charge is 0.235 e. The van der Waals surface area contributed by atoms with Gasteiger partial charge in [-0.2, -0.15) is 5.10 Å². The summed E-state index contributed by atoms with van der Waals surface area (Å²) >= 11 is 3.27. The van der Waals surface area contributed by atoms with E-state index in [1.165, 1.54) is 0 Å². The third-order valence-corrected chi connectivity index (χ3v) is 3.14. The number of carbonyl (C=O) groups excluding carboxylic acids is 1. The highest BCUT2D eigenvalue weighted by Crippen LogP contribution is 2.26. The van der Waals surface area contributed by atoms with E-state index >= 15 is 0 Å². The number of halogens is 1. The fraction of sp³-hybridized carbons (Fsp3) is 0.400. The molecule has 5 heteroatoms. The number of aromatic nitrogens is 2. The summed E-state index contributed by atoms with van der Waals surface area (Å²) in [6, 6.07) is 0. The maximum atomic E-state index is 11.9. The second-order valence-electron chi connectivity index (χ2n) is 3.52. The van der Waals surface area contributed by atoms with Gasteiger partial charge in [0, 0.05) is 0 Å². The van der Waals surface area contributed by atoms with Crippen LogP contribution in [-0.2, 0) is 4.79 Å². The van der Waals surface area contributed by atoms with Gasteiger partial charge < -0.3 is 5.32 Å². The fourth-order valence-electron chi connectivity index (χ4n) is 1.01. The standard InChI is InChI=1S/C10H14BrN3O/c1-4-10(3,5-2)9(15)13-8-7(11)6-12-14-8/h4,6H,1,5H2,2-3H3,(H2,12,13,14,15). The van der Waals surface area contributed by atoms with Crippen molar-refractivity contribution in [3.8, 4) is 0 Å². The molecule has 0 aliphatic rings. The van der Waals surface area contributed by atoms with Gasteiger partial charge in [-0.15, -0.1) is 6.58 Å². The minimum atomic E-state index is -0.551. The quantitative estimate of drug-likeness (QED) is 0.828. The normalized spacial score (nSPS) is 14.3. The second-order valence-corrected chi connectivity index (χ2v) is 4.38. The summed E-state index contributed by atoms with van der Waals surface area (Å²) in [4.78, 5) is 11.9. The van der Waals surface area contributed by atoms with Gasteiger partial charge in [-0.25, -0.2) is 0 Å². The molecule has 1 rings (SSSR count). The van der Waals surface area contributed by atoms with Crippen LogP contribution in [0.2, 0.25) is 0 Å². The van der Waals surface area contributed by atoms with E-state index in [1.54, 1.807) is 12.3 Å². The molecule has 2 N–H and O–H groups in total. The summed E-state index contributed by atoms with van der Waals surface area (Å²) in [5.74, 6) is 0.478. The van der Waals surface area contributed by atoms with Gasteiger partial charge in [0.15, 0.2) is 0 Å². The van der Waals surface area contributed by atoms with E-state index in [4.69, 9.17) is 0 Å². The number of nitrogens with one attached hydrogen (secondary N) is 2. The maximum Gasteiger partial charge on any atom is 0.235 e. The van der Waals surface area contributed by atoms with E-state index in [1.807, 2.05) is 13.8 Å². The number of hydrogen-bond acceptors (Lipinski definition) is 2. The van der Waals surface area contributed by atoms with Crippen LogP contribution >= 0.6 is 15.9 Å². The Kier molecular flexibility index (Phi) is 3.68. The highest BCUT2D eigenvalue weighted by Gasteiger charge is 2.28. The zero-order chi connectivity index (χ0) is 11.5. The van der Waals surface area contributed by atoms with Crippen molar-refractivity contribution in [3.63, 3.8) is 0 Å². The Balaban J connectivity index is 2.80. The molecule has 0 aromatic carbocycles. The first-order valence-electron chi connectivity index (χ1n) is 4.67. The molecule has 1 aromatic heterocycles. The molecule has 0 radical (unpaired) electrons. The monoisotopic (exact) mass is 271 g/mol. The highest BCUT2D eigenvalue weighted by atomic mass is 79.9. The molecule has 0 saturated carbocycles. The van der Waals surface area contributed by atoms with Crippen molar-refractivity contribution in [2.24, 2.45) is 5.41 Å². The van der Waals surface area contributed by atoms with Gasteiger partial charge in [-0.1, -0.05) is 13.0 Å². The molecule has 1 atom stereocenters. The molecule has 0 bridgehead atoms. The van der Waals surface area contributed by atoms with Gasteiger partial charge in [-0.05, 0) is 29.3 Å². The Hall–Kier alpha value is -1.10. The van der Waals surface area contributed by atoms with Crippen LogP contribution < -0.4 is 5.32 Å². The van der Waals surface area contributed by atoms with E-state index in [-0.39, 0.29) is 5.91 Å². The molecule has 1 amide bonds. The number of H-pyrrole nitrogens is 1. The zero-order valence-electron chi connectivity index (χ0n) is 8.80. The highest BCUT2D eigenvalue weighted by molar-refractivity contribution is 9.10. The number of nitrogens with zero attached hydrogens (tertiary/aromatic N) is 1. The molecule has 15 heavy (non-hydrogen) atoms. The number of amides is 1. The Bertz CT molecular complexity index is 374. The lowest BCUT2D eigenvalue weighted by Gasteiger charge is -2.22. The van der Waals surface area contributed by atoms with E-state index in [2.05, 4.69) is 38.0 Å². The van der Waals surface area contributed by atoms with Crippen molar-refractivity contribution in [2.45, 2.75) is 20.3 Å². The van der Waals surface area contributed by atoms with Crippen molar-refractivity contribution >= 4 is 27.7 Å². The predicted octanol–water partition coefficient (Wildman–Crippen LogP) is 2.71. The lowest BCUT2D eigenvalue weighted by molar-refractivity contribution is -0.122. The molecular weight excluding hydrogens is 258 g/mol. The summed E-state index contributed by atoms with van der Waals surface area (Å²) in [5.41, 5.74) is -0.551. The Morgan fingerprint density at radius 3 is 2.93 bits per heavy atom. The molecule has 0 spiro atoms. The largest absolute Gasteiger partial charge is 0.309 e. The summed E-state index contributed by atoms with van der Waals surface area (Å²) in [5, 5.41) is 9.25. The van der Waals surface area contributed by atoms with Gasteiger partial charge in [-0.3, -0.25) is 9.89 Å². The number of carbonyl (C=O) groups is 1. The van der Waals surface area contributed by atoms with Gasteiger partial charge in [0.05, 0.1) is 16.1 Å². The molecule has 0 aliphatic heterocycles. The first-order valence-corrected chi connectivity index (χ1v) is 5.46. The van der Waals surface area contributed by atoms with Crippen molar-refractivity contribution in [2.75, 3.05) is 5.32 Å². The van der Waals surface area contributed by atoms with E-state index in [0.29, 0.717) is 12.2 Å². The average Bonchev–Trinajstić information content (AvgIpc) is 2.63. The van der Waals surface area contributed by atoms with Gasteiger partial charge in [0.1, 0.15) is 5.82 Å². The van der Waals surface area contributed by atoms with Crippen LogP contribution in [0.3, 0.4) is 0 Å². The van der Waals surface area contributed by atoms with E-state index in [0.717, 1.165) is 4.47 Å². The zero-order valence-corrected chi connectivity index (χ0v) is 10.4. The predicted molar refractivity (Wildman–Crippen MR) is 63.5 cm³/mol. The van der Waals surface area contributed by atoms with Crippen LogP contribution in [0.5, 0.6) is 0 Å². The van der Waals surface area contributed by atoms with Gasteiger partial charge >= 0.3 is 0 Å². The SMILES string of the molecule is C=CC(C)(CC)C(=O)Nc1[nH]ncc1Br. The summed E-state index contributed by atoms with van der Waals surface area (Å²) in [6.07, 6.45) is 3.95. The first kappa shape index (κ1) is 12.0. The summed E-state index contributed by atoms with van der Waals surface area (Å²) < 4.78 is 0.735. The fourth-order valence-corrected chi connectivity index (χ4v) is 1.30. The molecule has 4 nitrogen and oxygen atoms in total. The third-order valence-electron chi connectivity index (χ3n) is 2.54. The van der Waals surface area contributed by atoms with Gasteiger partial charge in [0.2, 0.25) is 5.91 Å². The number of aromatic amines is 1. The van der Waals surface area contributed by atoms with E-state index in [9.17, 15) is 4.79 Å². The van der Waals surface area contributed by atoms with Crippen molar-refractivity contribution in [3.05, 3.63) is 23.3 Å². The minimum absolute atomic E-state index is 0.0926. The maximum absolute atomic E-state index is 11.9. The van der Waals surface area contributed by atoms with Crippen LogP contribution in [0.4, 0.5) is 5.82 Å². The number of hydrogen-bond donors (Lipinski definition) is 2. The molecule has 82 valence electrons. The van der Waals surface area contributed by atoms with Crippen LogP contribution in [0, 0.1) is 5.41 Å². The Morgan fingerprint density at radius 1 is 1.87 bits per heavy atom. The van der Waals surface area contributed by atoms with E-state index < -0.39 is 5.41 Å². The Labute approximate surface area is 97.3 Å².